The van der Waals surface area contributed by atoms with Gasteiger partial charge in [-0.05, 0) is 55.3 Å². The third-order valence-electron chi connectivity index (χ3n) is 5.39. The van der Waals surface area contributed by atoms with Crippen molar-refractivity contribution in [3.05, 3.63) is 88.8 Å². The molecule has 0 radical (unpaired) electrons. The maximum atomic E-state index is 13.4. The molecule has 0 saturated heterocycles. The van der Waals surface area contributed by atoms with Gasteiger partial charge in [0.1, 0.15) is 5.76 Å². The number of amides is 1. The van der Waals surface area contributed by atoms with E-state index in [-0.39, 0.29) is 17.9 Å². The van der Waals surface area contributed by atoms with Crippen molar-refractivity contribution in [3.8, 4) is 11.5 Å². The lowest BCUT2D eigenvalue weighted by Crippen LogP contribution is -2.30. The number of hydrogen-bond donors (Lipinski definition) is 1. The number of carbonyl (C=O) groups is 2. The number of aromatic nitrogens is 1. The van der Waals surface area contributed by atoms with Gasteiger partial charge in [-0.1, -0.05) is 12.1 Å². The van der Waals surface area contributed by atoms with Gasteiger partial charge in [0, 0.05) is 18.9 Å². The van der Waals surface area contributed by atoms with Gasteiger partial charge in [0.15, 0.2) is 23.0 Å². The number of furan rings is 1. The van der Waals surface area contributed by atoms with E-state index in [2.05, 4.69) is 4.98 Å². The van der Waals surface area contributed by atoms with Crippen LogP contribution in [0.1, 0.15) is 40.4 Å². The summed E-state index contributed by atoms with van der Waals surface area (Å²) in [6.07, 6.45) is 3.27. The van der Waals surface area contributed by atoms with E-state index in [4.69, 9.17) is 13.9 Å². The molecule has 4 rings (SSSR count). The first-order valence-electron chi connectivity index (χ1n) is 10.5. The van der Waals surface area contributed by atoms with E-state index in [0.717, 1.165) is 5.56 Å². The fraction of sp³-hybridized carbons (Fsp3) is 0.240. The number of methoxy groups -OCH3 is 1. The van der Waals surface area contributed by atoms with Crippen LogP contribution in [-0.4, -0.2) is 40.4 Å². The van der Waals surface area contributed by atoms with Crippen LogP contribution < -0.4 is 9.47 Å². The molecule has 0 fully saturated rings. The Bertz CT molecular complexity index is 1210. The van der Waals surface area contributed by atoms with Gasteiger partial charge in [-0.25, -0.2) is 0 Å². The normalized spacial score (nSPS) is 15.8. The predicted octanol–water partition coefficient (Wildman–Crippen LogP) is 4.17. The van der Waals surface area contributed by atoms with Gasteiger partial charge in [0.05, 0.1) is 25.3 Å². The van der Waals surface area contributed by atoms with Crippen molar-refractivity contribution in [2.75, 3.05) is 13.7 Å². The number of carbonyl (C=O) groups excluding carboxylic acids is 2. The molecule has 1 aliphatic heterocycles. The van der Waals surface area contributed by atoms with E-state index in [9.17, 15) is 14.7 Å². The van der Waals surface area contributed by atoms with Crippen molar-refractivity contribution in [2.45, 2.75) is 26.4 Å². The number of ether oxygens (including phenoxy) is 2. The van der Waals surface area contributed by atoms with Gasteiger partial charge in [-0.3, -0.25) is 14.6 Å². The average Bonchev–Trinajstić information content (AvgIpc) is 3.36. The third kappa shape index (κ3) is 4.19. The largest absolute Gasteiger partial charge is 0.503 e. The summed E-state index contributed by atoms with van der Waals surface area (Å²) in [6, 6.07) is 11.1. The van der Waals surface area contributed by atoms with Crippen LogP contribution in [0.15, 0.2) is 70.6 Å². The fourth-order valence-corrected chi connectivity index (χ4v) is 3.90. The molecular formula is C25H24N2O6. The number of nitrogens with zero attached hydrogens (tertiary/aromatic N) is 2. The maximum Gasteiger partial charge on any atom is 0.290 e. The second-order valence-corrected chi connectivity index (χ2v) is 7.54. The fourth-order valence-electron chi connectivity index (χ4n) is 3.90. The smallest absolute Gasteiger partial charge is 0.290 e. The zero-order chi connectivity index (χ0) is 23.5. The van der Waals surface area contributed by atoms with E-state index < -0.39 is 23.5 Å². The Hall–Kier alpha value is -4.07. The highest BCUT2D eigenvalue weighted by molar-refractivity contribution is 6.15. The van der Waals surface area contributed by atoms with E-state index in [1.54, 1.807) is 49.6 Å². The molecule has 8 nitrogen and oxygen atoms in total. The van der Waals surface area contributed by atoms with Gasteiger partial charge in [0.25, 0.3) is 5.91 Å². The number of rotatable bonds is 8. The minimum absolute atomic E-state index is 0.0491. The van der Waals surface area contributed by atoms with Gasteiger partial charge in [-0.2, -0.15) is 0 Å². The van der Waals surface area contributed by atoms with Gasteiger partial charge >= 0.3 is 0 Å². The Morgan fingerprint density at radius 1 is 1.21 bits per heavy atom. The number of hydrogen-bond acceptors (Lipinski definition) is 7. The van der Waals surface area contributed by atoms with Crippen molar-refractivity contribution in [2.24, 2.45) is 0 Å². The van der Waals surface area contributed by atoms with E-state index in [0.29, 0.717) is 29.4 Å². The second-order valence-electron chi connectivity index (χ2n) is 7.54. The lowest BCUT2D eigenvalue weighted by molar-refractivity contribution is -0.130. The summed E-state index contributed by atoms with van der Waals surface area (Å²) in [4.78, 5) is 32.0. The second kappa shape index (κ2) is 9.20. The topological polar surface area (TPSA) is 102 Å². The van der Waals surface area contributed by atoms with Crippen molar-refractivity contribution in [1.82, 2.24) is 9.88 Å². The third-order valence-corrected chi connectivity index (χ3v) is 5.39. The standard InChI is InChI=1S/C25H24N2O6/c1-4-32-18-10-8-17(12-20(18)31-3)22-21(23(28)19-9-7-15(2)33-19)24(29)25(30)27(22)14-16-6-5-11-26-13-16/h5-13,22,29H,4,14H2,1-3H3/t22-/m1/s1. The molecule has 0 spiro atoms. The highest BCUT2D eigenvalue weighted by atomic mass is 16.5. The quantitative estimate of drug-likeness (QED) is 0.516. The van der Waals surface area contributed by atoms with Crippen molar-refractivity contribution >= 4 is 11.7 Å². The maximum absolute atomic E-state index is 13.4. The molecule has 0 saturated carbocycles. The molecule has 1 N–H and O–H groups in total. The SMILES string of the molecule is CCOc1ccc([C@@H]2C(C(=O)c3ccc(C)o3)=C(O)C(=O)N2Cc2cccnc2)cc1OC. The lowest BCUT2D eigenvalue weighted by Gasteiger charge is -2.27. The summed E-state index contributed by atoms with van der Waals surface area (Å²) in [5.74, 6) is -0.216. The highest BCUT2D eigenvalue weighted by Gasteiger charge is 2.44. The first kappa shape index (κ1) is 22.1. The summed E-state index contributed by atoms with van der Waals surface area (Å²) in [7, 11) is 1.51. The molecule has 170 valence electrons. The van der Waals surface area contributed by atoms with Crippen LogP contribution >= 0.6 is 0 Å². The Kier molecular flexibility index (Phi) is 6.17. The van der Waals surface area contributed by atoms with E-state index >= 15 is 0 Å². The number of pyridine rings is 1. The monoisotopic (exact) mass is 448 g/mol. The molecule has 1 aliphatic rings. The highest BCUT2D eigenvalue weighted by Crippen LogP contribution is 2.42. The lowest BCUT2D eigenvalue weighted by atomic mass is 9.94. The molecule has 1 amide bonds. The zero-order valence-corrected chi connectivity index (χ0v) is 18.6. The molecule has 0 unspecified atom stereocenters. The summed E-state index contributed by atoms with van der Waals surface area (Å²) in [5.41, 5.74) is 1.29. The van der Waals surface area contributed by atoms with Crippen molar-refractivity contribution in [3.63, 3.8) is 0 Å². The predicted molar refractivity (Wildman–Crippen MR) is 119 cm³/mol. The molecule has 2 aromatic heterocycles. The first-order valence-corrected chi connectivity index (χ1v) is 10.5. The number of aliphatic hydroxyl groups is 1. The van der Waals surface area contributed by atoms with Crippen LogP contribution in [0.4, 0.5) is 0 Å². The average molecular weight is 448 g/mol. The van der Waals surface area contributed by atoms with Crippen LogP contribution in [-0.2, 0) is 11.3 Å². The molecule has 1 atom stereocenters. The summed E-state index contributed by atoms with van der Waals surface area (Å²) < 4.78 is 16.6. The molecule has 0 bridgehead atoms. The Balaban J connectivity index is 1.82. The number of aliphatic hydroxyl groups excluding tert-OH is 1. The first-order chi connectivity index (χ1) is 15.9. The van der Waals surface area contributed by atoms with Crippen molar-refractivity contribution < 1.29 is 28.6 Å². The number of Topliss-reactive ketones (excluding diaryl/α,β-unsaturated/α-hetero) is 1. The van der Waals surface area contributed by atoms with Gasteiger partial charge < -0.3 is 23.9 Å². The molecule has 1 aromatic carbocycles. The molecule has 8 heteroatoms. The minimum atomic E-state index is -0.861. The zero-order valence-electron chi connectivity index (χ0n) is 18.6. The molecule has 0 aliphatic carbocycles. The van der Waals surface area contributed by atoms with E-state index in [1.807, 2.05) is 13.0 Å². The minimum Gasteiger partial charge on any atom is -0.503 e. The Morgan fingerprint density at radius 3 is 2.67 bits per heavy atom. The molecule has 33 heavy (non-hydrogen) atoms. The van der Waals surface area contributed by atoms with Crippen LogP contribution in [0.2, 0.25) is 0 Å². The molecular weight excluding hydrogens is 424 g/mol. The number of ketones is 1. The molecule has 3 heterocycles. The summed E-state index contributed by atoms with van der Waals surface area (Å²) in [6.45, 7) is 4.17. The summed E-state index contributed by atoms with van der Waals surface area (Å²) >= 11 is 0. The van der Waals surface area contributed by atoms with E-state index in [1.165, 1.54) is 18.1 Å². The van der Waals surface area contributed by atoms with Crippen LogP contribution in [0, 0.1) is 6.92 Å². The summed E-state index contributed by atoms with van der Waals surface area (Å²) in [5, 5.41) is 10.8. The van der Waals surface area contributed by atoms with Gasteiger partial charge in [0.2, 0.25) is 5.78 Å². The van der Waals surface area contributed by atoms with Crippen LogP contribution in [0.3, 0.4) is 0 Å². The van der Waals surface area contributed by atoms with Gasteiger partial charge in [-0.15, -0.1) is 0 Å². The Morgan fingerprint density at radius 2 is 2.03 bits per heavy atom. The Labute approximate surface area is 191 Å². The van der Waals surface area contributed by atoms with Crippen LogP contribution in [0.25, 0.3) is 0 Å². The van der Waals surface area contributed by atoms with Crippen molar-refractivity contribution in [1.29, 1.82) is 0 Å². The van der Waals surface area contributed by atoms with Crippen LogP contribution in [0.5, 0.6) is 11.5 Å². The number of benzene rings is 1. The number of aryl methyl sites for hydroxylation is 1. The molecule has 3 aromatic rings.